The number of hydrogen-bond donors (Lipinski definition) is 0. The Kier molecular flexibility index (Phi) is 5.16. The van der Waals surface area contributed by atoms with Crippen LogP contribution in [-0.4, -0.2) is 45.9 Å². The molecule has 0 spiro atoms. The summed E-state index contributed by atoms with van der Waals surface area (Å²) in [6.45, 7) is 6.23. The number of carbonyl (C=O) groups is 2. The van der Waals surface area contributed by atoms with Crippen LogP contribution in [-0.2, 0) is 9.53 Å². The lowest BCUT2D eigenvalue weighted by Crippen LogP contribution is -2.47. The van der Waals surface area contributed by atoms with Gasteiger partial charge in [-0.25, -0.2) is 4.79 Å². The van der Waals surface area contributed by atoms with E-state index in [1.807, 2.05) is 27.0 Å². The number of amides is 1. The summed E-state index contributed by atoms with van der Waals surface area (Å²) in [5, 5.41) is 0. The fourth-order valence-electron chi connectivity index (χ4n) is 1.67. The second-order valence-electron chi connectivity index (χ2n) is 5.22. The van der Waals surface area contributed by atoms with E-state index in [1.165, 1.54) is 11.8 Å². The monoisotopic (exact) mass is 289 g/mol. The highest BCUT2D eigenvalue weighted by atomic mass is 32.2. The van der Waals surface area contributed by atoms with Gasteiger partial charge in [-0.3, -0.25) is 4.79 Å². The lowest BCUT2D eigenvalue weighted by atomic mass is 9.99. The molecular formula is C12H19NO3S2. The van der Waals surface area contributed by atoms with Gasteiger partial charge in [0.05, 0.1) is 10.1 Å². The van der Waals surface area contributed by atoms with E-state index in [0.717, 1.165) is 0 Å². The molecule has 0 aromatic rings. The molecule has 0 N–H and O–H groups in total. The van der Waals surface area contributed by atoms with E-state index < -0.39 is 5.60 Å². The van der Waals surface area contributed by atoms with Gasteiger partial charge in [0.25, 0.3) is 0 Å². The van der Waals surface area contributed by atoms with Gasteiger partial charge in [0, 0.05) is 19.5 Å². The first-order valence-corrected chi connectivity index (χ1v) is 7.46. The summed E-state index contributed by atoms with van der Waals surface area (Å²) in [6.07, 6.45) is 1.83. The largest absolute Gasteiger partial charge is 0.444 e. The van der Waals surface area contributed by atoms with Crippen molar-refractivity contribution in [3.8, 4) is 0 Å². The van der Waals surface area contributed by atoms with Crippen molar-refractivity contribution in [3.63, 3.8) is 0 Å². The van der Waals surface area contributed by atoms with Crippen LogP contribution in [0.4, 0.5) is 4.79 Å². The number of nitrogens with zero attached hydrogens (tertiary/aromatic N) is 1. The van der Waals surface area contributed by atoms with E-state index in [2.05, 4.69) is 0 Å². The molecule has 1 fully saturated rings. The molecule has 1 rings (SSSR count). The third-order valence-electron chi connectivity index (χ3n) is 2.56. The van der Waals surface area contributed by atoms with Gasteiger partial charge in [-0.05, 0) is 27.0 Å². The number of likely N-dealkylation sites (tertiary alicyclic amines) is 1. The van der Waals surface area contributed by atoms with Crippen LogP contribution in [0.2, 0.25) is 0 Å². The summed E-state index contributed by atoms with van der Waals surface area (Å²) in [7, 11) is 0. The average molecular weight is 289 g/mol. The Balaban J connectivity index is 2.67. The number of rotatable bonds is 1. The van der Waals surface area contributed by atoms with Gasteiger partial charge in [-0.2, -0.15) is 0 Å². The molecule has 102 valence electrons. The molecule has 6 heteroatoms. The Morgan fingerprint density at radius 3 is 2.61 bits per heavy atom. The predicted molar refractivity (Wildman–Crippen MR) is 77.0 cm³/mol. The van der Waals surface area contributed by atoms with Crippen molar-refractivity contribution in [1.29, 1.82) is 0 Å². The third kappa shape index (κ3) is 4.24. The van der Waals surface area contributed by atoms with Crippen molar-refractivity contribution in [2.24, 2.45) is 5.92 Å². The molecule has 0 saturated carbocycles. The lowest BCUT2D eigenvalue weighted by molar-refractivity contribution is -0.123. The number of ether oxygens (including phenoxy) is 1. The topological polar surface area (TPSA) is 46.6 Å². The highest BCUT2D eigenvalue weighted by molar-refractivity contribution is 8.22. The molecule has 18 heavy (non-hydrogen) atoms. The van der Waals surface area contributed by atoms with Crippen molar-refractivity contribution in [3.05, 3.63) is 0 Å². The number of Topliss-reactive ketones (excluding diaryl/α,β-unsaturated/α-hetero) is 1. The minimum Gasteiger partial charge on any atom is -0.444 e. The van der Waals surface area contributed by atoms with Crippen LogP contribution in [0.15, 0.2) is 0 Å². The molecule has 1 heterocycles. The van der Waals surface area contributed by atoms with Gasteiger partial charge in [0.1, 0.15) is 11.4 Å². The zero-order valence-corrected chi connectivity index (χ0v) is 12.8. The molecule has 1 amide bonds. The smallest absolute Gasteiger partial charge is 0.410 e. The van der Waals surface area contributed by atoms with Crippen LogP contribution in [0.5, 0.6) is 0 Å². The van der Waals surface area contributed by atoms with Crippen molar-refractivity contribution >= 4 is 40.1 Å². The van der Waals surface area contributed by atoms with Crippen LogP contribution in [0.25, 0.3) is 0 Å². The van der Waals surface area contributed by atoms with E-state index in [4.69, 9.17) is 17.0 Å². The van der Waals surface area contributed by atoms with Crippen molar-refractivity contribution in [2.75, 3.05) is 19.3 Å². The van der Waals surface area contributed by atoms with Crippen LogP contribution < -0.4 is 0 Å². The van der Waals surface area contributed by atoms with Crippen LogP contribution in [0.3, 0.4) is 0 Å². The number of ketones is 1. The minimum absolute atomic E-state index is 0.120. The number of piperidine rings is 1. The summed E-state index contributed by atoms with van der Waals surface area (Å²) in [5.41, 5.74) is -0.520. The Hall–Kier alpha value is -0.620. The van der Waals surface area contributed by atoms with Crippen LogP contribution in [0.1, 0.15) is 27.2 Å². The zero-order chi connectivity index (χ0) is 13.9. The number of carbonyl (C=O) groups excluding carboxylic acids is 2. The fourth-order valence-corrected chi connectivity index (χ4v) is 2.37. The first kappa shape index (κ1) is 15.4. The molecule has 1 aliphatic rings. The van der Waals surface area contributed by atoms with Gasteiger partial charge >= 0.3 is 6.09 Å². The molecule has 1 saturated heterocycles. The summed E-state index contributed by atoms with van der Waals surface area (Å²) < 4.78 is 5.95. The SMILES string of the molecule is CSC(=S)C1CN(C(=O)OC(C)(C)C)CCC1=O. The second kappa shape index (κ2) is 6.02. The molecular weight excluding hydrogens is 270 g/mol. The maximum atomic E-state index is 11.9. The number of thiocarbonyl (C=S) groups is 1. The van der Waals surface area contributed by atoms with Crippen LogP contribution >= 0.6 is 24.0 Å². The molecule has 1 unspecified atom stereocenters. The first-order chi connectivity index (χ1) is 8.24. The quantitative estimate of drug-likeness (QED) is 0.694. The maximum absolute atomic E-state index is 11.9. The molecule has 0 bridgehead atoms. The Morgan fingerprint density at radius 2 is 2.11 bits per heavy atom. The van der Waals surface area contributed by atoms with Crippen molar-refractivity contribution in [1.82, 2.24) is 4.90 Å². The molecule has 1 atom stereocenters. The highest BCUT2D eigenvalue weighted by Gasteiger charge is 2.34. The van der Waals surface area contributed by atoms with E-state index in [0.29, 0.717) is 23.7 Å². The number of hydrogen-bond acceptors (Lipinski definition) is 5. The Morgan fingerprint density at radius 1 is 1.50 bits per heavy atom. The highest BCUT2D eigenvalue weighted by Crippen LogP contribution is 2.21. The van der Waals surface area contributed by atoms with Crippen molar-refractivity contribution in [2.45, 2.75) is 32.8 Å². The Bertz CT molecular complexity index is 355. The minimum atomic E-state index is -0.520. The van der Waals surface area contributed by atoms with Gasteiger partial charge < -0.3 is 9.64 Å². The van der Waals surface area contributed by atoms with Gasteiger partial charge in [-0.15, -0.1) is 11.8 Å². The normalized spacial score (nSPS) is 20.8. The molecule has 0 aromatic heterocycles. The van der Waals surface area contributed by atoms with Crippen LogP contribution in [0, 0.1) is 5.92 Å². The van der Waals surface area contributed by atoms with Gasteiger partial charge in [-0.1, -0.05) is 12.2 Å². The maximum Gasteiger partial charge on any atom is 0.410 e. The summed E-state index contributed by atoms with van der Waals surface area (Å²) in [5.74, 6) is -0.217. The molecule has 0 aromatic carbocycles. The van der Waals surface area contributed by atoms with E-state index >= 15 is 0 Å². The fraction of sp³-hybridized carbons (Fsp3) is 0.750. The number of thioether (sulfide) groups is 1. The summed E-state index contributed by atoms with van der Waals surface area (Å²) >= 11 is 6.56. The molecule has 0 radical (unpaired) electrons. The van der Waals surface area contributed by atoms with Gasteiger partial charge in [0.2, 0.25) is 0 Å². The summed E-state index contributed by atoms with van der Waals surface area (Å²) in [6, 6.07) is 0. The van der Waals surface area contributed by atoms with Crippen molar-refractivity contribution < 1.29 is 14.3 Å². The second-order valence-corrected chi connectivity index (χ2v) is 6.76. The summed E-state index contributed by atoms with van der Waals surface area (Å²) in [4.78, 5) is 25.3. The standard InChI is InChI=1S/C12H19NO3S2/c1-12(2,3)16-11(15)13-6-5-9(14)8(7-13)10(17)18-4/h8H,5-7H2,1-4H3. The van der Waals surface area contributed by atoms with E-state index in [-0.39, 0.29) is 17.8 Å². The van der Waals surface area contributed by atoms with Gasteiger partial charge in [0.15, 0.2) is 0 Å². The Labute approximate surface area is 117 Å². The van der Waals surface area contributed by atoms with E-state index in [1.54, 1.807) is 4.90 Å². The molecule has 0 aliphatic carbocycles. The molecule has 4 nitrogen and oxygen atoms in total. The zero-order valence-electron chi connectivity index (χ0n) is 11.2. The first-order valence-electron chi connectivity index (χ1n) is 5.83. The predicted octanol–water partition coefficient (Wildman–Crippen LogP) is 2.50. The average Bonchev–Trinajstić information content (AvgIpc) is 2.26. The molecule has 1 aliphatic heterocycles. The lowest BCUT2D eigenvalue weighted by Gasteiger charge is -2.33. The third-order valence-corrected chi connectivity index (χ3v) is 4.03. The van der Waals surface area contributed by atoms with E-state index in [9.17, 15) is 9.59 Å².